The zero-order chi connectivity index (χ0) is 16.0. The fraction of sp³-hybridized carbons (Fsp3) is 0.444. The standard InChI is InChI=1S/C18H20BrNO2S/c19-16-12-17(23(21,22)20-10-2-1-3-11-20)15-9-5-7-13-6-4-8-14(16)18(13)15/h4,6,8,12H,1-3,5,7,9-11H2. The first-order chi connectivity index (χ1) is 11.1. The van der Waals surface area contributed by atoms with Gasteiger partial charge in [-0.1, -0.05) is 40.5 Å². The summed E-state index contributed by atoms with van der Waals surface area (Å²) >= 11 is 3.60. The third kappa shape index (κ3) is 2.53. The van der Waals surface area contributed by atoms with Crippen LogP contribution >= 0.6 is 15.9 Å². The Hall–Kier alpha value is -0.910. The number of halogens is 1. The fourth-order valence-corrected chi connectivity index (χ4v) is 6.46. The summed E-state index contributed by atoms with van der Waals surface area (Å²) in [4.78, 5) is 0.519. The lowest BCUT2D eigenvalue weighted by Gasteiger charge is -2.28. The number of piperidine rings is 1. The van der Waals surface area contributed by atoms with Crippen LogP contribution in [-0.4, -0.2) is 25.8 Å². The number of rotatable bonds is 2. The Labute approximate surface area is 145 Å². The van der Waals surface area contributed by atoms with Crippen LogP contribution in [0, 0.1) is 0 Å². The minimum atomic E-state index is -3.40. The first kappa shape index (κ1) is 15.6. The molecule has 1 saturated heterocycles. The topological polar surface area (TPSA) is 37.4 Å². The molecule has 1 aliphatic carbocycles. The zero-order valence-corrected chi connectivity index (χ0v) is 15.4. The summed E-state index contributed by atoms with van der Waals surface area (Å²) in [6, 6.07) is 8.11. The van der Waals surface area contributed by atoms with Gasteiger partial charge in [-0.2, -0.15) is 4.31 Å². The highest BCUT2D eigenvalue weighted by Crippen LogP contribution is 2.39. The van der Waals surface area contributed by atoms with Crippen LogP contribution in [0.5, 0.6) is 0 Å². The Kier molecular flexibility index (Phi) is 3.98. The molecular weight excluding hydrogens is 374 g/mol. The third-order valence-corrected chi connectivity index (χ3v) is 7.69. The van der Waals surface area contributed by atoms with Crippen molar-refractivity contribution in [2.24, 2.45) is 0 Å². The molecule has 0 spiro atoms. The molecule has 2 aliphatic rings. The number of hydrogen-bond donors (Lipinski definition) is 0. The van der Waals surface area contributed by atoms with Gasteiger partial charge in [0.25, 0.3) is 0 Å². The second-order valence-electron chi connectivity index (χ2n) is 6.49. The van der Waals surface area contributed by atoms with E-state index in [4.69, 9.17) is 0 Å². The lowest BCUT2D eigenvalue weighted by molar-refractivity contribution is 0.346. The summed E-state index contributed by atoms with van der Waals surface area (Å²) in [7, 11) is -3.40. The van der Waals surface area contributed by atoms with E-state index < -0.39 is 10.0 Å². The second-order valence-corrected chi connectivity index (χ2v) is 9.25. The normalized spacial score (nSPS) is 19.2. The third-order valence-electron chi connectivity index (χ3n) is 5.07. The van der Waals surface area contributed by atoms with Gasteiger partial charge in [-0.25, -0.2) is 8.42 Å². The van der Waals surface area contributed by atoms with Crippen LogP contribution in [0.1, 0.15) is 36.8 Å². The molecule has 4 rings (SSSR count). The largest absolute Gasteiger partial charge is 0.243 e. The molecule has 3 nitrogen and oxygen atoms in total. The summed E-state index contributed by atoms with van der Waals surface area (Å²) in [5, 5.41) is 2.29. The van der Waals surface area contributed by atoms with E-state index >= 15 is 0 Å². The molecule has 0 N–H and O–H groups in total. The molecular formula is C18H20BrNO2S. The Morgan fingerprint density at radius 2 is 1.78 bits per heavy atom. The Morgan fingerprint density at radius 3 is 2.57 bits per heavy atom. The van der Waals surface area contributed by atoms with Crippen LogP contribution < -0.4 is 0 Å². The highest BCUT2D eigenvalue weighted by Gasteiger charge is 2.30. The summed E-state index contributed by atoms with van der Waals surface area (Å²) in [5.74, 6) is 0. The van der Waals surface area contributed by atoms with Gasteiger partial charge in [0.1, 0.15) is 0 Å². The van der Waals surface area contributed by atoms with Crippen molar-refractivity contribution in [2.75, 3.05) is 13.1 Å². The summed E-state index contributed by atoms with van der Waals surface area (Å²) < 4.78 is 29.0. The van der Waals surface area contributed by atoms with Crippen LogP contribution in [0.25, 0.3) is 10.8 Å². The Morgan fingerprint density at radius 1 is 1.00 bits per heavy atom. The molecule has 2 aromatic rings. The molecule has 122 valence electrons. The molecule has 1 heterocycles. The molecule has 0 unspecified atom stereocenters. The molecule has 0 atom stereocenters. The maximum atomic E-state index is 13.2. The molecule has 2 aromatic carbocycles. The van der Waals surface area contributed by atoms with Crippen LogP contribution in [-0.2, 0) is 22.9 Å². The van der Waals surface area contributed by atoms with E-state index in [2.05, 4.69) is 34.1 Å². The number of hydrogen-bond acceptors (Lipinski definition) is 2. The molecule has 0 aromatic heterocycles. The Bertz CT molecular complexity index is 870. The van der Waals surface area contributed by atoms with Crippen molar-refractivity contribution in [1.82, 2.24) is 4.31 Å². The quantitative estimate of drug-likeness (QED) is 0.763. The van der Waals surface area contributed by atoms with Crippen molar-refractivity contribution in [3.63, 3.8) is 0 Å². The maximum Gasteiger partial charge on any atom is 0.243 e. The van der Waals surface area contributed by atoms with Crippen molar-refractivity contribution >= 4 is 36.7 Å². The molecule has 23 heavy (non-hydrogen) atoms. The average molecular weight is 394 g/mol. The number of benzene rings is 2. The minimum Gasteiger partial charge on any atom is -0.207 e. The van der Waals surface area contributed by atoms with Gasteiger partial charge in [0.05, 0.1) is 4.90 Å². The van der Waals surface area contributed by atoms with E-state index in [1.165, 1.54) is 5.56 Å². The van der Waals surface area contributed by atoms with Gasteiger partial charge in [-0.3, -0.25) is 0 Å². The summed E-state index contributed by atoms with van der Waals surface area (Å²) in [6.07, 6.45) is 5.97. The van der Waals surface area contributed by atoms with Gasteiger partial charge in [0.2, 0.25) is 10.0 Å². The summed E-state index contributed by atoms with van der Waals surface area (Å²) in [5.41, 5.74) is 2.30. The SMILES string of the molecule is O=S(=O)(c1cc(Br)c2cccc3c2c1CCC3)N1CCCCC1. The van der Waals surface area contributed by atoms with Gasteiger partial charge >= 0.3 is 0 Å². The van der Waals surface area contributed by atoms with Crippen LogP contribution in [0.2, 0.25) is 0 Å². The van der Waals surface area contributed by atoms with Gasteiger partial charge in [0.15, 0.2) is 0 Å². The van der Waals surface area contributed by atoms with Crippen molar-refractivity contribution in [2.45, 2.75) is 43.4 Å². The van der Waals surface area contributed by atoms with Crippen LogP contribution in [0.3, 0.4) is 0 Å². The molecule has 1 aliphatic heterocycles. The highest BCUT2D eigenvalue weighted by atomic mass is 79.9. The Balaban J connectivity index is 1.96. The molecule has 1 fully saturated rings. The molecule has 0 amide bonds. The van der Waals surface area contributed by atoms with E-state index in [0.717, 1.165) is 59.3 Å². The monoisotopic (exact) mass is 393 g/mol. The molecule has 0 saturated carbocycles. The van der Waals surface area contributed by atoms with E-state index in [1.54, 1.807) is 4.31 Å². The van der Waals surface area contributed by atoms with Crippen molar-refractivity contribution in [3.8, 4) is 0 Å². The van der Waals surface area contributed by atoms with E-state index in [0.29, 0.717) is 18.0 Å². The molecule has 5 heteroatoms. The number of sulfonamides is 1. The van der Waals surface area contributed by atoms with Crippen molar-refractivity contribution < 1.29 is 8.42 Å². The van der Waals surface area contributed by atoms with Crippen LogP contribution in [0.4, 0.5) is 0 Å². The van der Waals surface area contributed by atoms with Gasteiger partial charge in [-0.05, 0) is 60.1 Å². The summed E-state index contributed by atoms with van der Waals surface area (Å²) in [6.45, 7) is 1.30. The zero-order valence-electron chi connectivity index (χ0n) is 13.0. The molecule has 0 radical (unpaired) electrons. The van der Waals surface area contributed by atoms with Crippen LogP contribution in [0.15, 0.2) is 33.6 Å². The second kappa shape index (κ2) is 5.87. The van der Waals surface area contributed by atoms with Gasteiger partial charge in [-0.15, -0.1) is 0 Å². The first-order valence-electron chi connectivity index (χ1n) is 8.32. The van der Waals surface area contributed by atoms with E-state index in [-0.39, 0.29) is 0 Å². The van der Waals surface area contributed by atoms with E-state index in [1.807, 2.05) is 6.07 Å². The van der Waals surface area contributed by atoms with E-state index in [9.17, 15) is 8.42 Å². The predicted molar refractivity (Wildman–Crippen MR) is 96.3 cm³/mol. The fourth-order valence-electron chi connectivity index (χ4n) is 3.95. The number of nitrogens with zero attached hydrogens (tertiary/aromatic N) is 1. The number of aryl methyl sites for hydroxylation is 2. The predicted octanol–water partition coefficient (Wildman–Crippen LogP) is 4.27. The lowest BCUT2D eigenvalue weighted by Crippen LogP contribution is -2.36. The highest BCUT2D eigenvalue weighted by molar-refractivity contribution is 9.10. The van der Waals surface area contributed by atoms with Crippen molar-refractivity contribution in [3.05, 3.63) is 39.9 Å². The first-order valence-corrected chi connectivity index (χ1v) is 10.6. The van der Waals surface area contributed by atoms with Gasteiger partial charge in [0, 0.05) is 17.6 Å². The van der Waals surface area contributed by atoms with Gasteiger partial charge < -0.3 is 0 Å². The molecule has 0 bridgehead atoms. The smallest absolute Gasteiger partial charge is 0.207 e. The average Bonchev–Trinajstić information content (AvgIpc) is 2.58. The van der Waals surface area contributed by atoms with Crippen molar-refractivity contribution in [1.29, 1.82) is 0 Å². The lowest BCUT2D eigenvalue weighted by atomic mass is 9.89. The minimum absolute atomic E-state index is 0.519. The maximum absolute atomic E-state index is 13.2.